The van der Waals surface area contributed by atoms with Crippen molar-refractivity contribution in [2.45, 2.75) is 64.8 Å². The second-order valence-corrected chi connectivity index (χ2v) is 6.36. The van der Waals surface area contributed by atoms with Crippen LogP contribution in [0.25, 0.3) is 0 Å². The predicted molar refractivity (Wildman–Crippen MR) is 80.3 cm³/mol. The highest BCUT2D eigenvalue weighted by Crippen LogP contribution is 2.39. The summed E-state index contributed by atoms with van der Waals surface area (Å²) in [4.78, 5) is 0. The molecule has 1 saturated carbocycles. The van der Waals surface area contributed by atoms with E-state index in [1.54, 1.807) is 0 Å². The zero-order valence-corrected chi connectivity index (χ0v) is 13.0. The van der Waals surface area contributed by atoms with E-state index >= 15 is 0 Å². The van der Waals surface area contributed by atoms with Gasteiger partial charge in [-0.25, -0.2) is 0 Å². The zero-order valence-electron chi connectivity index (χ0n) is 13.0. The molecule has 3 nitrogen and oxygen atoms in total. The Morgan fingerprint density at radius 2 is 2.05 bits per heavy atom. The van der Waals surface area contributed by atoms with Crippen molar-refractivity contribution >= 4 is 0 Å². The van der Waals surface area contributed by atoms with E-state index in [1.165, 1.54) is 43.5 Å². The van der Waals surface area contributed by atoms with Crippen molar-refractivity contribution < 1.29 is 0 Å². The van der Waals surface area contributed by atoms with Crippen molar-refractivity contribution in [2.24, 2.45) is 12.5 Å². The number of likely N-dealkylation sites (N-methyl/N-ethyl adjacent to an activating group) is 1. The minimum absolute atomic E-state index is 0.448. The lowest BCUT2D eigenvalue weighted by molar-refractivity contribution is 0.148. The summed E-state index contributed by atoms with van der Waals surface area (Å²) in [5.74, 6) is 0. The van der Waals surface area contributed by atoms with Gasteiger partial charge in [-0.3, -0.25) is 4.68 Å². The molecule has 1 aromatic rings. The number of hydrogen-bond donors (Lipinski definition) is 1. The Morgan fingerprint density at radius 1 is 1.37 bits per heavy atom. The van der Waals surface area contributed by atoms with Crippen LogP contribution < -0.4 is 5.32 Å². The molecule has 1 aliphatic carbocycles. The first-order valence-electron chi connectivity index (χ1n) is 7.78. The van der Waals surface area contributed by atoms with E-state index in [1.807, 2.05) is 0 Å². The summed E-state index contributed by atoms with van der Waals surface area (Å²) in [6.07, 6.45) is 9.03. The van der Waals surface area contributed by atoms with Crippen LogP contribution in [0.1, 0.15) is 57.3 Å². The fraction of sp³-hybridized carbons (Fsp3) is 0.812. The van der Waals surface area contributed by atoms with Crippen LogP contribution in [0.5, 0.6) is 0 Å². The summed E-state index contributed by atoms with van der Waals surface area (Å²) < 4.78 is 2.06. The van der Waals surface area contributed by atoms with Gasteiger partial charge in [-0.15, -0.1) is 0 Å². The molecule has 0 aliphatic heterocycles. The van der Waals surface area contributed by atoms with Crippen LogP contribution >= 0.6 is 0 Å². The first-order valence-corrected chi connectivity index (χ1v) is 7.78. The van der Waals surface area contributed by atoms with Gasteiger partial charge in [0.1, 0.15) is 0 Å². The number of aromatic nitrogens is 2. The molecule has 0 saturated heterocycles. The molecule has 1 aromatic heterocycles. The minimum Gasteiger partial charge on any atom is -0.316 e. The summed E-state index contributed by atoms with van der Waals surface area (Å²) in [5.41, 5.74) is 3.02. The Hall–Kier alpha value is -0.830. The van der Waals surface area contributed by atoms with E-state index in [0.29, 0.717) is 11.5 Å². The van der Waals surface area contributed by atoms with Crippen LogP contribution in [0.3, 0.4) is 0 Å². The molecule has 19 heavy (non-hydrogen) atoms. The van der Waals surface area contributed by atoms with Crippen LogP contribution in [0.4, 0.5) is 0 Å². The lowest BCUT2D eigenvalue weighted by Gasteiger charge is -2.40. The van der Waals surface area contributed by atoms with Crippen molar-refractivity contribution in [2.75, 3.05) is 7.05 Å². The van der Waals surface area contributed by atoms with Gasteiger partial charge in [-0.2, -0.15) is 5.10 Å². The summed E-state index contributed by atoms with van der Waals surface area (Å²) in [7, 11) is 4.19. The number of rotatable bonds is 5. The average Bonchev–Trinajstić information content (AvgIpc) is 2.77. The van der Waals surface area contributed by atoms with Crippen molar-refractivity contribution in [1.29, 1.82) is 0 Å². The molecule has 108 valence electrons. The third-order valence-corrected chi connectivity index (χ3v) is 4.99. The Kier molecular flexibility index (Phi) is 4.67. The maximum Gasteiger partial charge on any atom is 0.0624 e. The van der Waals surface area contributed by atoms with Gasteiger partial charge in [0.2, 0.25) is 0 Å². The van der Waals surface area contributed by atoms with Crippen LogP contribution in [-0.4, -0.2) is 22.9 Å². The molecule has 0 amide bonds. The van der Waals surface area contributed by atoms with Gasteiger partial charge < -0.3 is 5.32 Å². The van der Waals surface area contributed by atoms with Crippen LogP contribution in [0.2, 0.25) is 0 Å². The molecule has 0 bridgehead atoms. The molecular weight excluding hydrogens is 234 g/mol. The highest BCUT2D eigenvalue weighted by Gasteiger charge is 2.34. The molecule has 0 aromatic carbocycles. The minimum atomic E-state index is 0.448. The summed E-state index contributed by atoms with van der Waals surface area (Å²) in [6, 6.07) is 2.84. The molecule has 1 N–H and O–H groups in total. The highest BCUT2D eigenvalue weighted by molar-refractivity contribution is 5.12. The molecule has 1 fully saturated rings. The van der Waals surface area contributed by atoms with Gasteiger partial charge in [-0.1, -0.05) is 33.1 Å². The molecule has 3 heteroatoms. The number of aryl methyl sites for hydroxylation is 2. The van der Waals surface area contributed by atoms with Gasteiger partial charge in [0.25, 0.3) is 0 Å². The second-order valence-electron chi connectivity index (χ2n) is 6.36. The predicted octanol–water partition coefficient (Wildman–Crippen LogP) is 3.08. The Balaban J connectivity index is 2.11. The SMILES string of the molecule is CCc1cc(CC(NC)C2(C)CCCCC2)n(C)n1. The van der Waals surface area contributed by atoms with Crippen molar-refractivity contribution in [3.05, 3.63) is 17.5 Å². The van der Waals surface area contributed by atoms with Crippen LogP contribution in [0.15, 0.2) is 6.07 Å². The van der Waals surface area contributed by atoms with Crippen molar-refractivity contribution in [3.63, 3.8) is 0 Å². The van der Waals surface area contributed by atoms with Crippen LogP contribution in [0, 0.1) is 5.41 Å². The summed E-state index contributed by atoms with van der Waals surface area (Å²) in [6.45, 7) is 4.63. The lowest BCUT2D eigenvalue weighted by Crippen LogP contribution is -2.44. The van der Waals surface area contributed by atoms with E-state index in [2.05, 4.69) is 49.1 Å². The summed E-state index contributed by atoms with van der Waals surface area (Å²) >= 11 is 0. The second kappa shape index (κ2) is 6.08. The first-order chi connectivity index (χ1) is 9.09. The molecule has 1 heterocycles. The summed E-state index contributed by atoms with van der Waals surface area (Å²) in [5, 5.41) is 8.15. The Morgan fingerprint density at radius 3 is 2.58 bits per heavy atom. The van der Waals surface area contributed by atoms with E-state index < -0.39 is 0 Å². The lowest BCUT2D eigenvalue weighted by atomic mass is 9.69. The van der Waals surface area contributed by atoms with E-state index in [-0.39, 0.29) is 0 Å². The van der Waals surface area contributed by atoms with Gasteiger partial charge in [0.15, 0.2) is 0 Å². The molecular formula is C16H29N3. The Bertz CT molecular complexity index is 402. The standard InChI is InChI=1S/C16H29N3/c1-5-13-11-14(19(4)18-13)12-15(17-3)16(2)9-7-6-8-10-16/h11,15,17H,5-10,12H2,1-4H3. The fourth-order valence-corrected chi connectivity index (χ4v) is 3.55. The number of nitrogens with zero attached hydrogens (tertiary/aromatic N) is 2. The average molecular weight is 263 g/mol. The van der Waals surface area contributed by atoms with E-state index in [0.717, 1.165) is 12.8 Å². The third-order valence-electron chi connectivity index (χ3n) is 4.99. The maximum absolute atomic E-state index is 4.57. The van der Waals surface area contributed by atoms with Gasteiger partial charge >= 0.3 is 0 Å². The Labute approximate surface area is 117 Å². The van der Waals surface area contributed by atoms with E-state index in [9.17, 15) is 0 Å². The first kappa shape index (κ1) is 14.6. The zero-order chi connectivity index (χ0) is 13.9. The molecule has 1 atom stereocenters. The monoisotopic (exact) mass is 263 g/mol. The van der Waals surface area contributed by atoms with Crippen molar-refractivity contribution in [1.82, 2.24) is 15.1 Å². The molecule has 1 unspecified atom stereocenters. The number of nitrogens with one attached hydrogen (secondary N) is 1. The molecule has 0 radical (unpaired) electrons. The van der Waals surface area contributed by atoms with Gasteiger partial charge in [0.05, 0.1) is 5.69 Å². The quantitative estimate of drug-likeness (QED) is 0.884. The largest absolute Gasteiger partial charge is 0.316 e. The highest BCUT2D eigenvalue weighted by atomic mass is 15.3. The van der Waals surface area contributed by atoms with E-state index in [4.69, 9.17) is 0 Å². The van der Waals surface area contributed by atoms with Gasteiger partial charge in [0, 0.05) is 25.2 Å². The smallest absolute Gasteiger partial charge is 0.0624 e. The fourth-order valence-electron chi connectivity index (χ4n) is 3.55. The third kappa shape index (κ3) is 3.19. The van der Waals surface area contributed by atoms with Gasteiger partial charge in [-0.05, 0) is 37.8 Å². The molecule has 2 rings (SSSR count). The van der Waals surface area contributed by atoms with Crippen molar-refractivity contribution in [3.8, 4) is 0 Å². The normalized spacial score (nSPS) is 20.4. The molecule has 0 spiro atoms. The number of hydrogen-bond acceptors (Lipinski definition) is 2. The maximum atomic E-state index is 4.57. The topological polar surface area (TPSA) is 29.9 Å². The van der Waals surface area contributed by atoms with Crippen LogP contribution in [-0.2, 0) is 19.9 Å². The molecule has 1 aliphatic rings.